The molecular weight excluding hydrogens is 206 g/mol. The van der Waals surface area contributed by atoms with Gasteiger partial charge in [-0.1, -0.05) is 11.6 Å². The summed E-state index contributed by atoms with van der Waals surface area (Å²) in [6, 6.07) is 1.61. The van der Waals surface area contributed by atoms with Crippen molar-refractivity contribution < 1.29 is 9.53 Å². The number of rotatable bonds is 1. The molecule has 0 unspecified atom stereocenters. The van der Waals surface area contributed by atoms with Crippen LogP contribution in [0.1, 0.15) is 10.6 Å². The fraction of sp³-hybridized carbons (Fsp3) is 0.125. The van der Waals surface area contributed by atoms with Crippen molar-refractivity contribution >= 4 is 28.7 Å². The highest BCUT2D eigenvalue weighted by molar-refractivity contribution is 6.34. The molecule has 0 spiro atoms. The maximum absolute atomic E-state index is 11.1. The molecule has 0 radical (unpaired) electrons. The molecule has 6 heteroatoms. The van der Waals surface area contributed by atoms with Gasteiger partial charge in [0.1, 0.15) is 5.52 Å². The smallest absolute Gasteiger partial charge is 0.374 e. The molecule has 0 aromatic carbocycles. The lowest BCUT2D eigenvalue weighted by molar-refractivity contribution is 0.0588. The zero-order valence-electron chi connectivity index (χ0n) is 7.24. The van der Waals surface area contributed by atoms with E-state index in [4.69, 9.17) is 11.6 Å². The van der Waals surface area contributed by atoms with Crippen LogP contribution in [0.5, 0.6) is 0 Å². The number of nitrogens with one attached hydrogen (secondary N) is 1. The van der Waals surface area contributed by atoms with Gasteiger partial charge in [0.2, 0.25) is 5.82 Å². The SMILES string of the molecule is COC(=O)c1nc2nccc(Cl)c2[nH]1. The molecule has 0 aliphatic heterocycles. The second kappa shape index (κ2) is 3.26. The Morgan fingerprint density at radius 1 is 1.64 bits per heavy atom. The van der Waals surface area contributed by atoms with E-state index in [9.17, 15) is 4.79 Å². The first-order valence-electron chi connectivity index (χ1n) is 3.81. The number of halogens is 1. The number of aromatic amines is 1. The van der Waals surface area contributed by atoms with Gasteiger partial charge in [-0.3, -0.25) is 0 Å². The Labute approximate surface area is 84.1 Å². The molecule has 0 atom stereocenters. The van der Waals surface area contributed by atoms with E-state index in [1.54, 1.807) is 6.07 Å². The molecule has 72 valence electrons. The average molecular weight is 212 g/mol. The van der Waals surface area contributed by atoms with Gasteiger partial charge < -0.3 is 9.72 Å². The van der Waals surface area contributed by atoms with Gasteiger partial charge in [-0.15, -0.1) is 0 Å². The van der Waals surface area contributed by atoms with E-state index in [1.165, 1.54) is 13.3 Å². The summed E-state index contributed by atoms with van der Waals surface area (Å²) in [6.07, 6.45) is 1.52. The predicted molar refractivity (Wildman–Crippen MR) is 50.2 cm³/mol. The molecule has 0 bridgehead atoms. The van der Waals surface area contributed by atoms with Gasteiger partial charge >= 0.3 is 5.97 Å². The van der Waals surface area contributed by atoms with Crippen molar-refractivity contribution in [3.05, 3.63) is 23.1 Å². The minimum Gasteiger partial charge on any atom is -0.463 e. The van der Waals surface area contributed by atoms with Crippen LogP contribution in [0.4, 0.5) is 0 Å². The Morgan fingerprint density at radius 3 is 3.07 bits per heavy atom. The third-order valence-electron chi connectivity index (χ3n) is 1.72. The van der Waals surface area contributed by atoms with Crippen molar-refractivity contribution in [1.29, 1.82) is 0 Å². The van der Waals surface area contributed by atoms with Crippen LogP contribution in [0.25, 0.3) is 11.2 Å². The Kier molecular flexibility index (Phi) is 2.09. The van der Waals surface area contributed by atoms with Gasteiger partial charge in [0, 0.05) is 6.20 Å². The molecule has 0 aliphatic rings. The normalized spacial score (nSPS) is 10.4. The van der Waals surface area contributed by atoms with Crippen LogP contribution < -0.4 is 0 Å². The molecule has 1 N–H and O–H groups in total. The third-order valence-corrected chi connectivity index (χ3v) is 2.03. The van der Waals surface area contributed by atoms with E-state index in [0.717, 1.165) is 0 Å². The molecule has 0 saturated carbocycles. The minimum atomic E-state index is -0.543. The summed E-state index contributed by atoms with van der Waals surface area (Å²) >= 11 is 5.85. The number of nitrogens with zero attached hydrogens (tertiary/aromatic N) is 2. The fourth-order valence-electron chi connectivity index (χ4n) is 1.07. The minimum absolute atomic E-state index is 0.100. The maximum Gasteiger partial charge on any atom is 0.374 e. The number of fused-ring (bicyclic) bond motifs is 1. The van der Waals surface area contributed by atoms with Gasteiger partial charge in [-0.05, 0) is 6.07 Å². The summed E-state index contributed by atoms with van der Waals surface area (Å²) < 4.78 is 4.50. The molecule has 2 rings (SSSR count). The first-order chi connectivity index (χ1) is 6.72. The summed E-state index contributed by atoms with van der Waals surface area (Å²) in [7, 11) is 1.28. The van der Waals surface area contributed by atoms with E-state index < -0.39 is 5.97 Å². The topological polar surface area (TPSA) is 67.9 Å². The molecule has 14 heavy (non-hydrogen) atoms. The van der Waals surface area contributed by atoms with E-state index >= 15 is 0 Å². The molecule has 2 heterocycles. The highest BCUT2D eigenvalue weighted by Gasteiger charge is 2.13. The summed E-state index contributed by atoms with van der Waals surface area (Å²) in [4.78, 5) is 21.7. The number of methoxy groups -OCH3 is 1. The fourth-order valence-corrected chi connectivity index (χ4v) is 1.26. The van der Waals surface area contributed by atoms with Crippen LogP contribution in [-0.2, 0) is 4.74 Å². The van der Waals surface area contributed by atoms with Gasteiger partial charge in [-0.2, -0.15) is 0 Å². The highest BCUT2D eigenvalue weighted by atomic mass is 35.5. The Hall–Kier alpha value is -1.62. The van der Waals surface area contributed by atoms with E-state index in [2.05, 4.69) is 19.7 Å². The average Bonchev–Trinajstić information content (AvgIpc) is 2.62. The van der Waals surface area contributed by atoms with Crippen LogP contribution in [0, 0.1) is 0 Å². The number of hydrogen-bond donors (Lipinski definition) is 1. The first-order valence-corrected chi connectivity index (χ1v) is 4.18. The molecule has 0 fully saturated rings. The zero-order valence-corrected chi connectivity index (χ0v) is 8.00. The predicted octanol–water partition coefficient (Wildman–Crippen LogP) is 1.40. The number of aromatic nitrogens is 3. The maximum atomic E-state index is 11.1. The molecule has 0 aliphatic carbocycles. The van der Waals surface area contributed by atoms with Gasteiger partial charge in [0.15, 0.2) is 5.65 Å². The summed E-state index contributed by atoms with van der Waals surface area (Å²) in [5.74, 6) is -0.442. The van der Waals surface area contributed by atoms with Crippen molar-refractivity contribution in [2.75, 3.05) is 7.11 Å². The number of H-pyrrole nitrogens is 1. The lowest BCUT2D eigenvalue weighted by Gasteiger charge is -1.90. The van der Waals surface area contributed by atoms with Crippen molar-refractivity contribution in [3.8, 4) is 0 Å². The highest BCUT2D eigenvalue weighted by Crippen LogP contribution is 2.18. The standard InChI is InChI=1S/C8H6ClN3O2/c1-14-8(13)7-11-5-4(9)2-3-10-6(5)12-7/h2-3H,1H3,(H,10,11,12). The largest absolute Gasteiger partial charge is 0.463 e. The lowest BCUT2D eigenvalue weighted by Crippen LogP contribution is -2.02. The first kappa shape index (κ1) is 8.96. The van der Waals surface area contributed by atoms with Crippen LogP contribution >= 0.6 is 11.6 Å². The van der Waals surface area contributed by atoms with Crippen LogP contribution in [-0.4, -0.2) is 28.0 Å². The molecular formula is C8H6ClN3O2. The van der Waals surface area contributed by atoms with E-state index in [0.29, 0.717) is 16.2 Å². The van der Waals surface area contributed by atoms with Crippen molar-refractivity contribution in [2.45, 2.75) is 0 Å². The number of pyridine rings is 1. The number of carbonyl (C=O) groups is 1. The number of carbonyl (C=O) groups excluding carboxylic acids is 1. The van der Waals surface area contributed by atoms with Gasteiger partial charge in [0.25, 0.3) is 0 Å². The number of hydrogen-bond acceptors (Lipinski definition) is 4. The van der Waals surface area contributed by atoms with Crippen LogP contribution in [0.3, 0.4) is 0 Å². The quantitative estimate of drug-likeness (QED) is 0.724. The second-order valence-electron chi connectivity index (χ2n) is 2.57. The lowest BCUT2D eigenvalue weighted by atomic mass is 10.4. The Bertz CT molecular complexity index is 494. The molecule has 0 amide bonds. The number of ether oxygens (including phenoxy) is 1. The van der Waals surface area contributed by atoms with E-state index in [1.807, 2.05) is 0 Å². The molecule has 2 aromatic heterocycles. The molecule has 5 nitrogen and oxygen atoms in total. The van der Waals surface area contributed by atoms with Crippen molar-refractivity contribution in [3.63, 3.8) is 0 Å². The number of esters is 1. The third kappa shape index (κ3) is 1.31. The van der Waals surface area contributed by atoms with Crippen molar-refractivity contribution in [1.82, 2.24) is 15.0 Å². The summed E-state index contributed by atoms with van der Waals surface area (Å²) in [5.41, 5.74) is 0.937. The molecule has 0 saturated heterocycles. The number of imidazole rings is 1. The van der Waals surface area contributed by atoms with Gasteiger partial charge in [-0.25, -0.2) is 14.8 Å². The zero-order chi connectivity index (χ0) is 10.1. The van der Waals surface area contributed by atoms with Gasteiger partial charge in [0.05, 0.1) is 12.1 Å². The van der Waals surface area contributed by atoms with Crippen LogP contribution in [0.15, 0.2) is 12.3 Å². The molecule has 2 aromatic rings. The second-order valence-corrected chi connectivity index (χ2v) is 2.98. The monoisotopic (exact) mass is 211 g/mol. The Morgan fingerprint density at radius 2 is 2.43 bits per heavy atom. The Balaban J connectivity index is 2.62. The summed E-state index contributed by atoms with van der Waals surface area (Å²) in [5, 5.41) is 0.470. The van der Waals surface area contributed by atoms with Crippen molar-refractivity contribution in [2.24, 2.45) is 0 Å². The van der Waals surface area contributed by atoms with Crippen LogP contribution in [0.2, 0.25) is 5.02 Å². The summed E-state index contributed by atoms with van der Waals surface area (Å²) in [6.45, 7) is 0. The van der Waals surface area contributed by atoms with E-state index in [-0.39, 0.29) is 5.82 Å².